The van der Waals surface area contributed by atoms with Crippen LogP contribution in [-0.2, 0) is 30.3 Å². The second kappa shape index (κ2) is 15.1. The van der Waals surface area contributed by atoms with Gasteiger partial charge in [0.05, 0.1) is 13.6 Å². The molecule has 50 heavy (non-hydrogen) atoms. The van der Waals surface area contributed by atoms with E-state index >= 15 is 0 Å². The molecule has 267 valence electrons. The molecule has 0 spiro atoms. The molecule has 5 aromatic rings. The molecular weight excluding hydrogens is 807 g/mol. The van der Waals surface area contributed by atoms with E-state index in [0.29, 0.717) is 0 Å². The maximum atomic E-state index is 11.5. The summed E-state index contributed by atoms with van der Waals surface area (Å²) in [6.07, 6.45) is 1.33. The van der Waals surface area contributed by atoms with Crippen LogP contribution >= 0.6 is 0 Å². The number of aliphatic hydroxyl groups excluding tert-OH is 1. The Morgan fingerprint density at radius 2 is 1.42 bits per heavy atom. The Labute approximate surface area is 316 Å². The zero-order valence-electron chi connectivity index (χ0n) is 32.6. The molecule has 0 aliphatic carbocycles. The van der Waals surface area contributed by atoms with Gasteiger partial charge in [0, 0.05) is 42.4 Å². The third-order valence-electron chi connectivity index (χ3n) is 8.88. The van der Waals surface area contributed by atoms with Crippen LogP contribution in [0.1, 0.15) is 79.0 Å². The fraction of sp³-hybridized carbons (Fsp3) is 0.378. The van der Waals surface area contributed by atoms with Crippen molar-refractivity contribution in [1.29, 1.82) is 0 Å². The van der Waals surface area contributed by atoms with Crippen LogP contribution in [0, 0.1) is 30.7 Å². The first-order valence-corrected chi connectivity index (χ1v) is 20.9. The summed E-state index contributed by atoms with van der Waals surface area (Å²) in [6, 6.07) is 30.6. The van der Waals surface area contributed by atoms with Crippen molar-refractivity contribution in [2.75, 3.05) is 0 Å². The summed E-state index contributed by atoms with van der Waals surface area (Å²) in [6.45, 7) is 29.6. The smallest absolute Gasteiger partial charge is 0.164 e. The molecule has 5 heteroatoms. The van der Waals surface area contributed by atoms with Gasteiger partial charge in [0.15, 0.2) is 5.78 Å². The van der Waals surface area contributed by atoms with Crippen LogP contribution in [0.2, 0.25) is 19.6 Å². The zero-order chi connectivity index (χ0) is 36.7. The minimum Gasteiger partial charge on any atom is -0.512 e. The van der Waals surface area contributed by atoms with E-state index in [-0.39, 0.29) is 42.5 Å². The third kappa shape index (κ3) is 9.69. The number of pyridine rings is 1. The van der Waals surface area contributed by atoms with Gasteiger partial charge in [-0.25, -0.2) is 0 Å². The maximum absolute atomic E-state index is 11.5. The number of allylic oxidation sites excluding steroid dienone is 2. The average molecular weight is 863 g/mol. The molecule has 0 unspecified atom stereocenters. The van der Waals surface area contributed by atoms with Crippen molar-refractivity contribution < 1.29 is 30.0 Å². The summed E-state index contributed by atoms with van der Waals surface area (Å²) in [5.41, 5.74) is 8.66. The Kier molecular flexibility index (Phi) is 12.4. The molecule has 0 atom stereocenters. The van der Waals surface area contributed by atoms with E-state index in [1.807, 2.05) is 41.5 Å². The summed E-state index contributed by atoms with van der Waals surface area (Å²) >= 11 is 0. The molecule has 0 amide bonds. The van der Waals surface area contributed by atoms with Gasteiger partial charge in [-0.1, -0.05) is 156 Å². The number of benzene rings is 4. The number of aliphatic hydroxyl groups is 1. The van der Waals surface area contributed by atoms with Crippen molar-refractivity contribution in [3.05, 3.63) is 107 Å². The van der Waals surface area contributed by atoms with Crippen LogP contribution in [0.15, 0.2) is 84.6 Å². The fourth-order valence-electron chi connectivity index (χ4n) is 5.81. The molecular formula is C45H56IrNO2Si-. The predicted molar refractivity (Wildman–Crippen MR) is 215 cm³/mol. The zero-order valence-corrected chi connectivity index (χ0v) is 36.0. The van der Waals surface area contributed by atoms with Crippen molar-refractivity contribution in [2.24, 2.45) is 10.8 Å². The topological polar surface area (TPSA) is 50.2 Å². The maximum Gasteiger partial charge on any atom is 0.164 e. The minimum absolute atomic E-state index is 0. The van der Waals surface area contributed by atoms with Crippen molar-refractivity contribution in [3.63, 3.8) is 0 Å². The van der Waals surface area contributed by atoms with Gasteiger partial charge >= 0.3 is 0 Å². The first kappa shape index (κ1) is 41.1. The number of aromatic nitrogens is 1. The van der Waals surface area contributed by atoms with Crippen LogP contribution in [0.4, 0.5) is 0 Å². The largest absolute Gasteiger partial charge is 0.512 e. The molecule has 0 bridgehead atoms. The van der Waals surface area contributed by atoms with Gasteiger partial charge in [-0.05, 0) is 44.6 Å². The van der Waals surface area contributed by atoms with E-state index < -0.39 is 13.5 Å². The quantitative estimate of drug-likeness (QED) is 0.0847. The monoisotopic (exact) mass is 863 g/mol. The third-order valence-corrected chi connectivity index (χ3v) is 10.9. The SMILES string of the molecule is CC(C)(C)C(=O)/C=C(\O)C(C)(C)C.Cc1[c-]c(-c2cc(-c3c(C(C)(C)C)ccc4ccccc34)c3cc([Si](C)(C)C)ccc3n2)cc(C)c1.[Ir]. The van der Waals surface area contributed by atoms with E-state index in [9.17, 15) is 9.90 Å². The van der Waals surface area contributed by atoms with Gasteiger partial charge in [0.2, 0.25) is 0 Å². The van der Waals surface area contributed by atoms with E-state index in [2.05, 4.69) is 133 Å². The summed E-state index contributed by atoms with van der Waals surface area (Å²) < 4.78 is 0. The number of carbonyl (C=O) groups is 1. The van der Waals surface area contributed by atoms with Gasteiger partial charge in [-0.15, -0.1) is 34.9 Å². The average Bonchev–Trinajstić information content (AvgIpc) is 2.97. The number of carbonyl (C=O) groups excluding carboxylic acids is 1. The van der Waals surface area contributed by atoms with Crippen molar-refractivity contribution in [2.45, 2.75) is 101 Å². The molecule has 0 saturated heterocycles. The van der Waals surface area contributed by atoms with E-state index in [1.54, 1.807) is 0 Å². The van der Waals surface area contributed by atoms with Gasteiger partial charge in [-0.2, -0.15) is 0 Å². The molecule has 1 N–H and O–H groups in total. The van der Waals surface area contributed by atoms with Gasteiger partial charge in [-0.3, -0.25) is 9.78 Å². The predicted octanol–water partition coefficient (Wildman–Crippen LogP) is 12.1. The van der Waals surface area contributed by atoms with E-state index in [4.69, 9.17) is 4.98 Å². The Morgan fingerprint density at radius 3 is 1.98 bits per heavy atom. The first-order chi connectivity index (χ1) is 22.5. The summed E-state index contributed by atoms with van der Waals surface area (Å²) in [4.78, 5) is 16.7. The van der Waals surface area contributed by atoms with Gasteiger partial charge < -0.3 is 5.11 Å². The second-order valence-electron chi connectivity index (χ2n) is 17.6. The Hall–Kier alpha value is -3.37. The molecule has 0 saturated carbocycles. The van der Waals surface area contributed by atoms with Crippen LogP contribution in [0.25, 0.3) is 44.1 Å². The van der Waals surface area contributed by atoms with Gasteiger partial charge in [0.1, 0.15) is 5.76 Å². The number of hydrogen-bond acceptors (Lipinski definition) is 3. The molecule has 3 nitrogen and oxygen atoms in total. The number of fused-ring (bicyclic) bond motifs is 2. The number of nitrogens with zero attached hydrogens (tertiary/aromatic N) is 1. The number of aryl methyl sites for hydroxylation is 2. The molecule has 1 aromatic heterocycles. The van der Waals surface area contributed by atoms with Crippen LogP contribution < -0.4 is 5.19 Å². The van der Waals surface area contributed by atoms with Crippen molar-refractivity contribution in [3.8, 4) is 22.4 Å². The second-order valence-corrected chi connectivity index (χ2v) is 22.7. The fourth-order valence-corrected chi connectivity index (χ4v) is 6.98. The molecule has 1 heterocycles. The molecule has 0 aliphatic heterocycles. The van der Waals surface area contributed by atoms with Gasteiger partial charge in [0.25, 0.3) is 0 Å². The molecule has 4 aromatic carbocycles. The Bertz CT molecular complexity index is 2030. The molecule has 0 aliphatic rings. The van der Waals surface area contributed by atoms with Crippen molar-refractivity contribution in [1.82, 2.24) is 4.98 Å². The van der Waals surface area contributed by atoms with Crippen LogP contribution in [-0.4, -0.2) is 23.9 Å². The van der Waals surface area contributed by atoms with Crippen LogP contribution in [0.5, 0.6) is 0 Å². The van der Waals surface area contributed by atoms with Crippen LogP contribution in [0.3, 0.4) is 0 Å². The Morgan fingerprint density at radius 1 is 0.780 bits per heavy atom. The first-order valence-electron chi connectivity index (χ1n) is 17.4. The summed E-state index contributed by atoms with van der Waals surface area (Å²) in [5.74, 6) is 0.104. The van der Waals surface area contributed by atoms with E-state index in [0.717, 1.165) is 22.3 Å². The van der Waals surface area contributed by atoms with Crippen molar-refractivity contribution >= 4 is 40.7 Å². The normalized spacial score (nSPS) is 12.7. The minimum atomic E-state index is -1.50. The number of rotatable bonds is 4. The molecule has 5 rings (SSSR count). The Balaban J connectivity index is 0.000000414. The number of ketones is 1. The summed E-state index contributed by atoms with van der Waals surface area (Å²) in [5, 5.41) is 14.8. The summed E-state index contributed by atoms with van der Waals surface area (Å²) in [7, 11) is -1.50. The molecule has 0 fully saturated rings. The number of hydrogen-bond donors (Lipinski definition) is 1. The van der Waals surface area contributed by atoms with E-state index in [1.165, 1.54) is 49.7 Å². The molecule has 1 radical (unpaired) electrons. The standard InChI is InChI=1S/C34H36NSi.C11H20O2.Ir/c1-22-17-23(2)19-25(18-22)32-21-29(28-20-26(36(6,7)8)14-16-31(28)35-32)33-27-12-10-9-11-24(27)13-15-30(33)34(3,4)5;1-10(2,3)8(12)7-9(13)11(4,5)6;/h9-18,20-21H,1-8H3;7,12H,1-6H3;/q-1;;/b;8-7-;.